The van der Waals surface area contributed by atoms with E-state index in [1.165, 1.54) is 17.5 Å². The second kappa shape index (κ2) is 4.18. The van der Waals surface area contributed by atoms with Crippen molar-refractivity contribution in [3.8, 4) is 0 Å². The summed E-state index contributed by atoms with van der Waals surface area (Å²) in [4.78, 5) is 16.7. The maximum Gasteiger partial charge on any atom is 0.232 e. The molecule has 0 atom stereocenters. The predicted octanol–water partition coefficient (Wildman–Crippen LogP) is 0.751. The Labute approximate surface area is 89.7 Å². The molecule has 0 saturated heterocycles. The second-order valence-corrected chi connectivity index (χ2v) is 4.26. The molecule has 0 aliphatic heterocycles. The molecular weight excluding hydrogens is 214 g/mol. The fourth-order valence-corrected chi connectivity index (χ4v) is 1.86. The van der Waals surface area contributed by atoms with E-state index >= 15 is 0 Å². The van der Waals surface area contributed by atoms with Gasteiger partial charge in [-0.3, -0.25) is 4.79 Å². The zero-order valence-corrected chi connectivity index (χ0v) is 8.84. The molecule has 0 fully saturated rings. The van der Waals surface area contributed by atoms with Crippen LogP contribution in [0.25, 0.3) is 0 Å². The molecule has 0 aromatic carbocycles. The Bertz CT molecular complexity index is 449. The standard InChI is InChI=1S/C8H9N5OS/c1-5-3-9-8(15-5)2-7(14)11-6-4-10-13-12-6/h3-4H,2H2,1H3,(H2,10,11,12,13,14). The van der Waals surface area contributed by atoms with Gasteiger partial charge in [0.05, 0.1) is 12.6 Å². The van der Waals surface area contributed by atoms with Crippen molar-refractivity contribution in [3.63, 3.8) is 0 Å². The molecule has 0 radical (unpaired) electrons. The second-order valence-electron chi connectivity index (χ2n) is 2.94. The number of nitrogens with one attached hydrogen (secondary N) is 2. The van der Waals surface area contributed by atoms with Crippen LogP contribution in [0.5, 0.6) is 0 Å². The van der Waals surface area contributed by atoms with Crippen molar-refractivity contribution < 1.29 is 4.79 Å². The summed E-state index contributed by atoms with van der Waals surface area (Å²) in [6.07, 6.45) is 3.47. The number of rotatable bonds is 3. The van der Waals surface area contributed by atoms with Crippen molar-refractivity contribution in [2.45, 2.75) is 13.3 Å². The maximum atomic E-state index is 11.5. The van der Waals surface area contributed by atoms with Gasteiger partial charge in [-0.1, -0.05) is 0 Å². The van der Waals surface area contributed by atoms with Gasteiger partial charge in [-0.2, -0.15) is 10.3 Å². The molecule has 2 aromatic rings. The first-order valence-corrected chi connectivity index (χ1v) is 5.12. The average molecular weight is 223 g/mol. The van der Waals surface area contributed by atoms with Gasteiger partial charge >= 0.3 is 0 Å². The number of carbonyl (C=O) groups excluding carboxylic acids is 1. The molecule has 2 rings (SSSR count). The van der Waals surface area contributed by atoms with Crippen LogP contribution in [-0.2, 0) is 11.2 Å². The topological polar surface area (TPSA) is 83.6 Å². The van der Waals surface area contributed by atoms with Gasteiger partial charge in [0.1, 0.15) is 5.01 Å². The van der Waals surface area contributed by atoms with E-state index < -0.39 is 0 Å². The SMILES string of the molecule is Cc1cnc(CC(=O)Nc2cn[nH]n2)s1. The zero-order chi connectivity index (χ0) is 10.7. The van der Waals surface area contributed by atoms with E-state index in [-0.39, 0.29) is 12.3 Å². The lowest BCUT2D eigenvalue weighted by Crippen LogP contribution is -2.14. The summed E-state index contributed by atoms with van der Waals surface area (Å²) < 4.78 is 0. The van der Waals surface area contributed by atoms with Crippen molar-refractivity contribution in [3.05, 3.63) is 22.3 Å². The number of H-pyrrole nitrogens is 1. The van der Waals surface area contributed by atoms with Gasteiger partial charge in [-0.05, 0) is 6.92 Å². The third-order valence-electron chi connectivity index (χ3n) is 1.66. The van der Waals surface area contributed by atoms with E-state index in [1.807, 2.05) is 6.92 Å². The first-order valence-electron chi connectivity index (χ1n) is 4.31. The molecule has 0 bridgehead atoms. The molecular formula is C8H9N5OS. The van der Waals surface area contributed by atoms with E-state index in [2.05, 4.69) is 25.7 Å². The van der Waals surface area contributed by atoms with Crippen molar-refractivity contribution in [2.24, 2.45) is 0 Å². The minimum Gasteiger partial charge on any atom is -0.307 e. The van der Waals surface area contributed by atoms with E-state index in [1.54, 1.807) is 6.20 Å². The number of amides is 1. The Morgan fingerprint density at radius 2 is 2.47 bits per heavy atom. The first-order chi connectivity index (χ1) is 7.24. The Morgan fingerprint density at radius 3 is 3.07 bits per heavy atom. The van der Waals surface area contributed by atoms with Crippen molar-refractivity contribution in [2.75, 3.05) is 5.32 Å². The number of carbonyl (C=O) groups is 1. The summed E-state index contributed by atoms with van der Waals surface area (Å²) >= 11 is 1.51. The highest BCUT2D eigenvalue weighted by molar-refractivity contribution is 7.11. The Hall–Kier alpha value is -1.76. The van der Waals surface area contributed by atoms with Gasteiger partial charge in [0.15, 0.2) is 5.82 Å². The third-order valence-corrected chi connectivity index (χ3v) is 2.58. The molecule has 0 spiro atoms. The lowest BCUT2D eigenvalue weighted by atomic mass is 10.4. The highest BCUT2D eigenvalue weighted by Gasteiger charge is 2.07. The number of anilines is 1. The van der Waals surface area contributed by atoms with E-state index in [0.717, 1.165) is 9.88 Å². The van der Waals surface area contributed by atoms with Crippen LogP contribution in [0.3, 0.4) is 0 Å². The summed E-state index contributed by atoms with van der Waals surface area (Å²) in [5.41, 5.74) is 0. The first kappa shape index (κ1) is 9.78. The summed E-state index contributed by atoms with van der Waals surface area (Å²) in [6, 6.07) is 0. The number of aryl methyl sites for hydroxylation is 1. The molecule has 1 amide bonds. The van der Waals surface area contributed by atoms with Crippen LogP contribution in [-0.4, -0.2) is 26.3 Å². The highest BCUT2D eigenvalue weighted by Crippen LogP contribution is 2.12. The maximum absolute atomic E-state index is 11.5. The Morgan fingerprint density at radius 1 is 1.60 bits per heavy atom. The third kappa shape index (κ3) is 2.59. The molecule has 0 unspecified atom stereocenters. The van der Waals surface area contributed by atoms with Gasteiger partial charge in [-0.15, -0.1) is 16.4 Å². The van der Waals surface area contributed by atoms with Crippen LogP contribution in [0.1, 0.15) is 9.88 Å². The molecule has 2 aromatic heterocycles. The van der Waals surface area contributed by atoms with E-state index in [9.17, 15) is 4.79 Å². The van der Waals surface area contributed by atoms with Gasteiger partial charge < -0.3 is 5.32 Å². The van der Waals surface area contributed by atoms with Crippen LogP contribution in [0.15, 0.2) is 12.4 Å². The number of hydrogen-bond acceptors (Lipinski definition) is 5. The molecule has 0 saturated carbocycles. The van der Waals surface area contributed by atoms with Gasteiger partial charge in [0, 0.05) is 11.1 Å². The highest BCUT2D eigenvalue weighted by atomic mass is 32.1. The summed E-state index contributed by atoms with van der Waals surface area (Å²) in [5, 5.41) is 13.1. The van der Waals surface area contributed by atoms with Crippen molar-refractivity contribution in [1.29, 1.82) is 0 Å². The van der Waals surface area contributed by atoms with Gasteiger partial charge in [0.25, 0.3) is 0 Å². The normalized spacial score (nSPS) is 10.2. The summed E-state index contributed by atoms with van der Waals surface area (Å²) in [5.74, 6) is 0.284. The number of aromatic nitrogens is 4. The summed E-state index contributed by atoms with van der Waals surface area (Å²) in [6.45, 7) is 1.96. The van der Waals surface area contributed by atoms with Gasteiger partial charge in [-0.25, -0.2) is 4.98 Å². The Kier molecular flexibility index (Phi) is 2.72. The molecule has 15 heavy (non-hydrogen) atoms. The molecule has 78 valence electrons. The van der Waals surface area contributed by atoms with E-state index in [4.69, 9.17) is 0 Å². The van der Waals surface area contributed by atoms with Crippen molar-refractivity contribution in [1.82, 2.24) is 20.4 Å². The molecule has 2 heterocycles. The monoisotopic (exact) mass is 223 g/mol. The fourth-order valence-electron chi connectivity index (χ4n) is 1.07. The fraction of sp³-hybridized carbons (Fsp3) is 0.250. The van der Waals surface area contributed by atoms with Gasteiger partial charge in [0.2, 0.25) is 5.91 Å². The van der Waals surface area contributed by atoms with Crippen LogP contribution in [0, 0.1) is 6.92 Å². The molecule has 0 aliphatic rings. The minimum absolute atomic E-state index is 0.141. The summed E-state index contributed by atoms with van der Waals surface area (Å²) in [7, 11) is 0. The minimum atomic E-state index is -0.141. The molecule has 6 nitrogen and oxygen atoms in total. The smallest absolute Gasteiger partial charge is 0.232 e. The van der Waals surface area contributed by atoms with Crippen LogP contribution in [0.2, 0.25) is 0 Å². The molecule has 2 N–H and O–H groups in total. The lowest BCUT2D eigenvalue weighted by Gasteiger charge is -1.97. The number of aromatic amines is 1. The predicted molar refractivity (Wildman–Crippen MR) is 55.6 cm³/mol. The quantitative estimate of drug-likeness (QED) is 0.804. The molecule has 7 heteroatoms. The van der Waals surface area contributed by atoms with Crippen molar-refractivity contribution >= 4 is 23.1 Å². The number of hydrogen-bond donors (Lipinski definition) is 2. The zero-order valence-electron chi connectivity index (χ0n) is 8.02. The van der Waals surface area contributed by atoms with E-state index in [0.29, 0.717) is 5.82 Å². The molecule has 0 aliphatic carbocycles. The Balaban J connectivity index is 1.93. The van der Waals surface area contributed by atoms with Crippen LogP contribution < -0.4 is 5.32 Å². The average Bonchev–Trinajstić information content (AvgIpc) is 2.77. The number of thiazole rings is 1. The number of nitrogens with zero attached hydrogens (tertiary/aromatic N) is 3. The lowest BCUT2D eigenvalue weighted by molar-refractivity contribution is -0.115. The van der Waals surface area contributed by atoms with Crippen LogP contribution in [0.4, 0.5) is 5.82 Å². The largest absolute Gasteiger partial charge is 0.307 e. The van der Waals surface area contributed by atoms with Crippen LogP contribution >= 0.6 is 11.3 Å².